The normalized spacial score (nSPS) is 11.1. The van der Waals surface area contributed by atoms with Gasteiger partial charge in [-0.1, -0.05) is 29.8 Å². The van der Waals surface area contributed by atoms with Gasteiger partial charge in [-0.2, -0.15) is 0 Å². The van der Waals surface area contributed by atoms with Crippen LogP contribution in [0.15, 0.2) is 79.3 Å². The fraction of sp³-hybridized carbons (Fsp3) is 0.0870. The lowest BCUT2D eigenvalue weighted by Gasteiger charge is -2.08. The smallest absolute Gasteiger partial charge is 0.154 e. The highest BCUT2D eigenvalue weighted by atomic mass is 35.5. The minimum absolute atomic E-state index is 0.648. The van der Waals surface area contributed by atoms with Crippen LogP contribution in [0.1, 0.15) is 11.3 Å². The zero-order valence-corrected chi connectivity index (χ0v) is 17.1. The van der Waals surface area contributed by atoms with Crippen molar-refractivity contribution in [1.29, 1.82) is 0 Å². The molecule has 0 amide bonds. The van der Waals surface area contributed by atoms with Gasteiger partial charge in [-0.25, -0.2) is 14.6 Å². The maximum atomic E-state index is 5.99. The molecule has 0 unspecified atom stereocenters. The third kappa shape index (κ3) is 3.65. The second kappa shape index (κ2) is 7.65. The van der Waals surface area contributed by atoms with Crippen LogP contribution in [-0.4, -0.2) is 24.1 Å². The number of hydrogen-bond donors (Lipinski definition) is 1. The number of aryl methyl sites for hydroxylation is 1. The number of aromatic nitrogens is 5. The van der Waals surface area contributed by atoms with E-state index in [2.05, 4.69) is 27.5 Å². The van der Waals surface area contributed by atoms with Crippen molar-refractivity contribution in [2.45, 2.75) is 13.5 Å². The minimum atomic E-state index is 0.648. The van der Waals surface area contributed by atoms with Gasteiger partial charge in [-0.3, -0.25) is 0 Å². The van der Waals surface area contributed by atoms with Gasteiger partial charge in [0.2, 0.25) is 0 Å². The molecular formula is C23H19ClN6. The van der Waals surface area contributed by atoms with E-state index in [1.165, 1.54) is 0 Å². The molecule has 0 aliphatic heterocycles. The summed E-state index contributed by atoms with van der Waals surface area (Å²) in [6.45, 7) is 2.62. The highest BCUT2D eigenvalue weighted by Crippen LogP contribution is 2.26. The number of hydrogen-bond acceptors (Lipinski definition) is 4. The van der Waals surface area contributed by atoms with Gasteiger partial charge >= 0.3 is 0 Å². The Morgan fingerprint density at radius 2 is 1.90 bits per heavy atom. The van der Waals surface area contributed by atoms with E-state index in [9.17, 15) is 0 Å². The quantitative estimate of drug-likeness (QED) is 0.431. The van der Waals surface area contributed by atoms with Crippen molar-refractivity contribution in [2.24, 2.45) is 0 Å². The molecule has 0 saturated heterocycles. The lowest BCUT2D eigenvalue weighted by atomic mass is 10.2. The van der Waals surface area contributed by atoms with Gasteiger partial charge in [0.1, 0.15) is 11.5 Å². The zero-order valence-electron chi connectivity index (χ0n) is 16.3. The average molecular weight is 415 g/mol. The molecule has 0 atom stereocenters. The molecule has 0 spiro atoms. The molecule has 4 aromatic heterocycles. The molecule has 1 aromatic carbocycles. The summed E-state index contributed by atoms with van der Waals surface area (Å²) in [5.74, 6) is 1.55. The minimum Gasteiger partial charge on any atom is -0.364 e. The summed E-state index contributed by atoms with van der Waals surface area (Å²) < 4.78 is 3.87. The standard InChI is InChI=1S/C23H19ClN6/c1-16-3-2-4-23(27-16)30-20(18-7-10-22-25-11-12-29(22)15-18)13-21(28-30)26-14-17-5-8-19(24)9-6-17/h2-13,15H,14H2,1H3,(H,26,28). The number of fused-ring (bicyclic) bond motifs is 1. The van der Waals surface area contributed by atoms with Crippen LogP contribution in [-0.2, 0) is 6.54 Å². The Labute approximate surface area is 178 Å². The summed E-state index contributed by atoms with van der Waals surface area (Å²) in [5.41, 5.74) is 4.94. The maximum absolute atomic E-state index is 5.99. The summed E-state index contributed by atoms with van der Waals surface area (Å²) in [6, 6.07) is 19.8. The van der Waals surface area contributed by atoms with Gasteiger partial charge in [0, 0.05) is 47.5 Å². The molecule has 0 fully saturated rings. The monoisotopic (exact) mass is 414 g/mol. The summed E-state index contributed by atoms with van der Waals surface area (Å²) in [7, 11) is 0. The molecule has 7 heteroatoms. The molecule has 0 bridgehead atoms. The molecule has 30 heavy (non-hydrogen) atoms. The van der Waals surface area contributed by atoms with E-state index >= 15 is 0 Å². The Hall–Kier alpha value is -3.64. The van der Waals surface area contributed by atoms with Gasteiger partial charge in [0.05, 0.1) is 5.69 Å². The maximum Gasteiger partial charge on any atom is 0.154 e. The van der Waals surface area contributed by atoms with E-state index in [0.717, 1.165) is 44.8 Å². The lowest BCUT2D eigenvalue weighted by Crippen LogP contribution is -2.04. The summed E-state index contributed by atoms with van der Waals surface area (Å²) >= 11 is 5.99. The SMILES string of the molecule is Cc1cccc(-n2nc(NCc3ccc(Cl)cc3)cc2-c2ccc3nccn3c2)n1. The highest BCUT2D eigenvalue weighted by molar-refractivity contribution is 6.30. The first-order valence-corrected chi connectivity index (χ1v) is 9.99. The van der Waals surface area contributed by atoms with Crippen LogP contribution in [0, 0.1) is 6.92 Å². The first-order chi connectivity index (χ1) is 14.7. The van der Waals surface area contributed by atoms with E-state index in [1.807, 2.05) is 76.8 Å². The number of halogens is 1. The summed E-state index contributed by atoms with van der Waals surface area (Å²) in [5, 5.41) is 8.92. The van der Waals surface area contributed by atoms with E-state index in [0.29, 0.717) is 6.54 Å². The van der Waals surface area contributed by atoms with Crippen molar-refractivity contribution in [1.82, 2.24) is 24.1 Å². The van der Waals surface area contributed by atoms with Crippen molar-refractivity contribution in [3.63, 3.8) is 0 Å². The Bertz CT molecular complexity index is 1320. The molecule has 0 radical (unpaired) electrons. The molecule has 0 saturated carbocycles. The van der Waals surface area contributed by atoms with E-state index in [-0.39, 0.29) is 0 Å². The molecule has 4 heterocycles. The van der Waals surface area contributed by atoms with Crippen molar-refractivity contribution in [3.8, 4) is 17.1 Å². The fourth-order valence-corrected chi connectivity index (χ4v) is 3.49. The van der Waals surface area contributed by atoms with Crippen LogP contribution in [0.4, 0.5) is 5.82 Å². The van der Waals surface area contributed by atoms with Crippen molar-refractivity contribution in [3.05, 3.63) is 95.5 Å². The predicted molar refractivity (Wildman–Crippen MR) is 119 cm³/mol. The van der Waals surface area contributed by atoms with Crippen LogP contribution >= 0.6 is 11.6 Å². The van der Waals surface area contributed by atoms with Gasteiger partial charge in [-0.15, -0.1) is 5.10 Å². The van der Waals surface area contributed by atoms with Crippen LogP contribution in [0.5, 0.6) is 0 Å². The van der Waals surface area contributed by atoms with E-state index < -0.39 is 0 Å². The number of rotatable bonds is 5. The number of imidazole rings is 1. The summed E-state index contributed by atoms with van der Waals surface area (Å²) in [6.07, 6.45) is 5.77. The number of nitrogens with zero attached hydrogens (tertiary/aromatic N) is 5. The van der Waals surface area contributed by atoms with Gasteiger partial charge in [0.25, 0.3) is 0 Å². The van der Waals surface area contributed by atoms with Gasteiger partial charge in [-0.05, 0) is 48.9 Å². The molecule has 5 rings (SSSR count). The molecular weight excluding hydrogens is 396 g/mol. The first kappa shape index (κ1) is 18.4. The number of nitrogens with one attached hydrogen (secondary N) is 1. The summed E-state index contributed by atoms with van der Waals surface area (Å²) in [4.78, 5) is 8.99. The van der Waals surface area contributed by atoms with Crippen molar-refractivity contribution >= 4 is 23.1 Å². The molecule has 5 aromatic rings. The Kier molecular flexibility index (Phi) is 4.69. The Morgan fingerprint density at radius 1 is 1.03 bits per heavy atom. The second-order valence-electron chi connectivity index (χ2n) is 7.05. The Balaban J connectivity index is 1.54. The molecule has 1 N–H and O–H groups in total. The van der Waals surface area contributed by atoms with Gasteiger partial charge in [0.15, 0.2) is 5.82 Å². The van der Waals surface area contributed by atoms with Gasteiger partial charge < -0.3 is 9.72 Å². The number of benzene rings is 1. The van der Waals surface area contributed by atoms with E-state index in [4.69, 9.17) is 16.7 Å². The highest BCUT2D eigenvalue weighted by Gasteiger charge is 2.14. The van der Waals surface area contributed by atoms with Crippen LogP contribution in [0.25, 0.3) is 22.7 Å². The molecule has 0 aliphatic carbocycles. The molecule has 6 nitrogen and oxygen atoms in total. The largest absolute Gasteiger partial charge is 0.364 e. The second-order valence-corrected chi connectivity index (χ2v) is 7.49. The third-order valence-corrected chi connectivity index (χ3v) is 5.12. The lowest BCUT2D eigenvalue weighted by molar-refractivity contribution is 0.845. The fourth-order valence-electron chi connectivity index (χ4n) is 3.36. The Morgan fingerprint density at radius 3 is 2.73 bits per heavy atom. The van der Waals surface area contributed by atoms with Crippen molar-refractivity contribution in [2.75, 3.05) is 5.32 Å². The number of pyridine rings is 2. The topological polar surface area (TPSA) is 60.0 Å². The van der Waals surface area contributed by atoms with Crippen molar-refractivity contribution < 1.29 is 0 Å². The van der Waals surface area contributed by atoms with Crippen LogP contribution in [0.3, 0.4) is 0 Å². The predicted octanol–water partition coefficient (Wildman–Crippen LogP) is 5.16. The molecule has 0 aliphatic rings. The third-order valence-electron chi connectivity index (χ3n) is 4.87. The number of anilines is 1. The van der Waals surface area contributed by atoms with E-state index in [1.54, 1.807) is 6.20 Å². The molecule has 148 valence electrons. The zero-order chi connectivity index (χ0) is 20.5. The van der Waals surface area contributed by atoms with Crippen LogP contribution < -0.4 is 5.32 Å². The van der Waals surface area contributed by atoms with Crippen LogP contribution in [0.2, 0.25) is 5.02 Å². The average Bonchev–Trinajstić information content (AvgIpc) is 3.40. The first-order valence-electron chi connectivity index (χ1n) is 9.61.